The van der Waals surface area contributed by atoms with Crippen molar-refractivity contribution in [2.75, 3.05) is 13.2 Å². The Balaban J connectivity index is 3.18. The Morgan fingerprint density at radius 2 is 2.11 bits per heavy atom. The first-order valence-corrected chi connectivity index (χ1v) is 3.54. The van der Waals surface area contributed by atoms with Crippen LogP contribution in [0.3, 0.4) is 0 Å². The molecule has 1 atom stereocenters. The predicted octanol–water partition coefficient (Wildman–Crippen LogP) is 1.62. The third kappa shape index (κ3) is 4.43. The lowest BCUT2D eigenvalue weighted by Gasteiger charge is -2.10. The fourth-order valence-corrected chi connectivity index (χ4v) is 0.772. The van der Waals surface area contributed by atoms with Crippen LogP contribution in [-0.2, 0) is 9.84 Å². The molecule has 0 fully saturated rings. The third-order valence-corrected chi connectivity index (χ3v) is 1.20. The van der Waals surface area contributed by atoms with Crippen LogP contribution in [0.25, 0.3) is 0 Å². The molecule has 0 aliphatic carbocycles. The van der Waals surface area contributed by atoms with Gasteiger partial charge in [0.25, 0.3) is 0 Å². The normalized spacial score (nSPS) is 13.7. The van der Waals surface area contributed by atoms with E-state index in [1.807, 2.05) is 6.92 Å². The molecule has 55 valence electrons. The van der Waals surface area contributed by atoms with Gasteiger partial charge in [0.2, 0.25) is 0 Å². The van der Waals surface area contributed by atoms with Crippen molar-refractivity contribution < 1.29 is 9.84 Å². The summed E-state index contributed by atoms with van der Waals surface area (Å²) in [4.78, 5) is 0. The Hall–Kier alpha value is -0.0800. The van der Waals surface area contributed by atoms with Gasteiger partial charge in [-0.3, -0.25) is 0 Å². The van der Waals surface area contributed by atoms with Gasteiger partial charge in [-0.25, -0.2) is 5.11 Å². The quantitative estimate of drug-likeness (QED) is 0.557. The zero-order chi connectivity index (χ0) is 7.11. The molecule has 0 saturated heterocycles. The van der Waals surface area contributed by atoms with Crippen LogP contribution < -0.4 is 0 Å². The molecule has 0 amide bonds. The highest BCUT2D eigenvalue weighted by molar-refractivity contribution is 4.52. The second kappa shape index (κ2) is 6.05. The Kier molecular flexibility index (Phi) is 5.99. The monoisotopic (exact) mass is 131 g/mol. The van der Waals surface area contributed by atoms with Gasteiger partial charge in [-0.15, -0.1) is 0 Å². The lowest BCUT2D eigenvalue weighted by Crippen LogP contribution is -2.15. The maximum Gasteiger partial charge on any atom is 0.108 e. The van der Waals surface area contributed by atoms with E-state index in [1.54, 1.807) is 0 Å². The van der Waals surface area contributed by atoms with Gasteiger partial charge in [-0.05, 0) is 13.3 Å². The van der Waals surface area contributed by atoms with Crippen molar-refractivity contribution >= 4 is 0 Å². The molecular formula is C7H15O2. The summed E-state index contributed by atoms with van der Waals surface area (Å²) in [6, 6.07) is 0. The Morgan fingerprint density at radius 1 is 1.44 bits per heavy atom. The second-order valence-corrected chi connectivity index (χ2v) is 2.03. The minimum atomic E-state index is -0.0956. The van der Waals surface area contributed by atoms with E-state index in [-0.39, 0.29) is 12.7 Å². The molecule has 2 heteroatoms. The van der Waals surface area contributed by atoms with Gasteiger partial charge in [0.05, 0.1) is 6.10 Å². The van der Waals surface area contributed by atoms with Crippen molar-refractivity contribution in [1.82, 2.24) is 0 Å². The summed E-state index contributed by atoms with van der Waals surface area (Å²) < 4.78 is 5.12. The van der Waals surface area contributed by atoms with Gasteiger partial charge in [0, 0.05) is 6.61 Å². The van der Waals surface area contributed by atoms with Gasteiger partial charge in [0.1, 0.15) is 6.61 Å². The molecular weight excluding hydrogens is 116 g/mol. The van der Waals surface area contributed by atoms with Gasteiger partial charge in [-0.1, -0.05) is 13.3 Å². The summed E-state index contributed by atoms with van der Waals surface area (Å²) in [5, 5.41) is 10.3. The molecule has 0 saturated carbocycles. The summed E-state index contributed by atoms with van der Waals surface area (Å²) in [6.07, 6.45) is 1.89. The first-order chi connectivity index (χ1) is 4.35. The van der Waals surface area contributed by atoms with Gasteiger partial charge < -0.3 is 4.74 Å². The Bertz CT molecular complexity index is 48.9. The lowest BCUT2D eigenvalue weighted by atomic mass is 10.2. The molecule has 0 aliphatic rings. The van der Waals surface area contributed by atoms with Crippen LogP contribution in [0.2, 0.25) is 0 Å². The molecule has 0 aromatic rings. The van der Waals surface area contributed by atoms with Crippen molar-refractivity contribution in [3.8, 4) is 0 Å². The summed E-state index contributed by atoms with van der Waals surface area (Å²) >= 11 is 0. The largest absolute Gasteiger partial charge is 0.376 e. The number of hydrogen-bond donors (Lipinski definition) is 0. The first-order valence-electron chi connectivity index (χ1n) is 3.54. The zero-order valence-corrected chi connectivity index (χ0v) is 6.22. The minimum absolute atomic E-state index is 0.0417. The molecule has 1 radical (unpaired) electrons. The summed E-state index contributed by atoms with van der Waals surface area (Å²) in [5.41, 5.74) is 0. The molecule has 0 heterocycles. The fourth-order valence-electron chi connectivity index (χ4n) is 0.772. The molecule has 0 rings (SSSR count). The molecule has 1 unspecified atom stereocenters. The highest BCUT2D eigenvalue weighted by atomic mass is 16.5. The number of ether oxygens (including phenoxy) is 1. The van der Waals surface area contributed by atoms with Gasteiger partial charge in [-0.2, -0.15) is 0 Å². The smallest absolute Gasteiger partial charge is 0.108 e. The Labute approximate surface area is 56.8 Å². The summed E-state index contributed by atoms with van der Waals surface area (Å²) in [7, 11) is 0. The van der Waals surface area contributed by atoms with E-state index in [1.165, 1.54) is 0 Å². The average molecular weight is 131 g/mol. The van der Waals surface area contributed by atoms with Crippen LogP contribution in [0.1, 0.15) is 26.7 Å². The fraction of sp³-hybridized carbons (Fsp3) is 1.00. The van der Waals surface area contributed by atoms with Crippen molar-refractivity contribution in [3.63, 3.8) is 0 Å². The predicted molar refractivity (Wildman–Crippen MR) is 35.9 cm³/mol. The molecule has 0 spiro atoms. The van der Waals surface area contributed by atoms with E-state index in [4.69, 9.17) is 4.74 Å². The van der Waals surface area contributed by atoms with Gasteiger partial charge in [0.15, 0.2) is 0 Å². The third-order valence-electron chi connectivity index (χ3n) is 1.20. The van der Waals surface area contributed by atoms with Crippen molar-refractivity contribution in [3.05, 3.63) is 0 Å². The van der Waals surface area contributed by atoms with Crippen LogP contribution >= 0.6 is 0 Å². The van der Waals surface area contributed by atoms with Crippen LogP contribution in [0.5, 0.6) is 0 Å². The van der Waals surface area contributed by atoms with E-state index in [0.717, 1.165) is 12.8 Å². The minimum Gasteiger partial charge on any atom is -0.376 e. The van der Waals surface area contributed by atoms with Crippen molar-refractivity contribution in [1.29, 1.82) is 0 Å². The van der Waals surface area contributed by atoms with E-state index < -0.39 is 0 Å². The summed E-state index contributed by atoms with van der Waals surface area (Å²) in [6.45, 7) is 4.54. The topological polar surface area (TPSA) is 29.1 Å². The summed E-state index contributed by atoms with van der Waals surface area (Å²) in [5.74, 6) is 0. The van der Waals surface area contributed by atoms with E-state index >= 15 is 0 Å². The van der Waals surface area contributed by atoms with Crippen LogP contribution in [-0.4, -0.2) is 19.3 Å². The molecule has 0 aromatic carbocycles. The number of hydrogen-bond acceptors (Lipinski definition) is 1. The first kappa shape index (κ1) is 8.92. The lowest BCUT2D eigenvalue weighted by molar-refractivity contribution is -0.00763. The highest BCUT2D eigenvalue weighted by Gasteiger charge is 2.04. The standard InChI is InChI=1S/C7H15O2/c1-3-5-7(6-8)9-4-2/h7H,3-6H2,1-2H3. The average Bonchev–Trinajstić information content (AvgIpc) is 1.88. The van der Waals surface area contributed by atoms with E-state index in [0.29, 0.717) is 6.61 Å². The molecule has 0 N–H and O–H groups in total. The molecule has 0 aliphatic heterocycles. The zero-order valence-electron chi connectivity index (χ0n) is 6.22. The maximum absolute atomic E-state index is 10.3. The molecule has 2 nitrogen and oxygen atoms in total. The second-order valence-electron chi connectivity index (χ2n) is 2.03. The van der Waals surface area contributed by atoms with Crippen LogP contribution in [0.4, 0.5) is 0 Å². The van der Waals surface area contributed by atoms with Crippen LogP contribution in [0, 0.1) is 0 Å². The highest BCUT2D eigenvalue weighted by Crippen LogP contribution is 1.99. The van der Waals surface area contributed by atoms with Crippen LogP contribution in [0.15, 0.2) is 0 Å². The van der Waals surface area contributed by atoms with Gasteiger partial charge >= 0.3 is 0 Å². The van der Waals surface area contributed by atoms with E-state index in [9.17, 15) is 5.11 Å². The molecule has 0 bridgehead atoms. The maximum atomic E-state index is 10.3. The Morgan fingerprint density at radius 3 is 2.44 bits per heavy atom. The SMILES string of the molecule is CCCC(C[O])OCC. The number of rotatable bonds is 5. The molecule has 9 heavy (non-hydrogen) atoms. The van der Waals surface area contributed by atoms with E-state index in [2.05, 4.69) is 6.92 Å². The molecule has 0 aromatic heterocycles. The van der Waals surface area contributed by atoms with Crippen molar-refractivity contribution in [2.45, 2.75) is 32.8 Å². The van der Waals surface area contributed by atoms with Crippen molar-refractivity contribution in [2.24, 2.45) is 0 Å².